The van der Waals surface area contributed by atoms with Gasteiger partial charge in [0, 0.05) is 11.1 Å². The van der Waals surface area contributed by atoms with Crippen LogP contribution < -0.4 is 4.74 Å². The fourth-order valence-corrected chi connectivity index (χ4v) is 2.74. The van der Waals surface area contributed by atoms with Gasteiger partial charge in [-0.1, -0.05) is 78.9 Å². The van der Waals surface area contributed by atoms with E-state index < -0.39 is 18.0 Å². The van der Waals surface area contributed by atoms with Gasteiger partial charge in [-0.3, -0.25) is 0 Å². The molecule has 0 bridgehead atoms. The minimum absolute atomic E-state index is 0.329. The number of hydrogen-bond donors (Lipinski definition) is 0. The number of methoxy groups -OCH3 is 1. The summed E-state index contributed by atoms with van der Waals surface area (Å²) < 4.78 is 15.7. The second-order valence-corrected chi connectivity index (χ2v) is 5.95. The maximum Gasteiger partial charge on any atom is 0.351 e. The number of hydrogen-bond acceptors (Lipinski definition) is 5. The summed E-state index contributed by atoms with van der Waals surface area (Å²) in [7, 11) is 1.25. The van der Waals surface area contributed by atoms with E-state index >= 15 is 0 Å². The number of rotatable bonds is 7. The molecule has 5 heteroatoms. The Morgan fingerprint density at radius 3 is 2.11 bits per heavy atom. The fraction of sp³-hybridized carbons (Fsp3) is 0.130. The topological polar surface area (TPSA) is 61.8 Å². The summed E-state index contributed by atoms with van der Waals surface area (Å²) in [6.45, 7) is -0.329. The van der Waals surface area contributed by atoms with Crippen molar-refractivity contribution in [3.05, 3.63) is 90.5 Å². The second kappa shape index (κ2) is 9.37. The summed E-state index contributed by atoms with van der Waals surface area (Å²) in [6, 6.07) is 25.9. The quantitative estimate of drug-likeness (QED) is 0.579. The Bertz CT molecular complexity index is 922. The summed E-state index contributed by atoms with van der Waals surface area (Å²) in [6.07, 6.45) is -1.13. The number of carbonyl (C=O) groups excluding carboxylic acids is 2. The molecule has 1 atom stereocenters. The third-order valence-electron chi connectivity index (χ3n) is 4.08. The molecule has 5 nitrogen and oxygen atoms in total. The van der Waals surface area contributed by atoms with Gasteiger partial charge in [0.25, 0.3) is 0 Å². The molecular formula is C23H20O5. The lowest BCUT2D eigenvalue weighted by Crippen LogP contribution is -2.24. The molecule has 0 radical (unpaired) electrons. The molecule has 0 fully saturated rings. The number of esters is 2. The number of carbonyl (C=O) groups is 2. The third kappa shape index (κ3) is 4.76. The Morgan fingerprint density at radius 1 is 0.821 bits per heavy atom. The lowest BCUT2D eigenvalue weighted by molar-refractivity contribution is -0.167. The van der Waals surface area contributed by atoms with E-state index in [0.29, 0.717) is 11.3 Å². The number of para-hydroxylation sites is 1. The summed E-state index contributed by atoms with van der Waals surface area (Å²) in [5, 5.41) is 0. The third-order valence-corrected chi connectivity index (χ3v) is 4.08. The van der Waals surface area contributed by atoms with Crippen LogP contribution in [-0.2, 0) is 19.1 Å². The van der Waals surface area contributed by atoms with Crippen LogP contribution in [0.1, 0.15) is 11.7 Å². The molecule has 3 rings (SSSR count). The van der Waals surface area contributed by atoms with Gasteiger partial charge in [0.15, 0.2) is 6.61 Å². The van der Waals surface area contributed by atoms with Crippen molar-refractivity contribution < 1.29 is 23.8 Å². The van der Waals surface area contributed by atoms with E-state index in [0.717, 1.165) is 11.1 Å². The highest BCUT2D eigenvalue weighted by molar-refractivity contribution is 5.81. The second-order valence-electron chi connectivity index (χ2n) is 5.95. The maximum atomic E-state index is 12.3. The van der Waals surface area contributed by atoms with Gasteiger partial charge in [0.05, 0.1) is 7.11 Å². The van der Waals surface area contributed by atoms with Gasteiger partial charge >= 0.3 is 11.9 Å². The van der Waals surface area contributed by atoms with Crippen molar-refractivity contribution in [3.8, 4) is 16.9 Å². The molecule has 0 saturated carbocycles. The lowest BCUT2D eigenvalue weighted by atomic mass is 10.1. The minimum atomic E-state index is -1.13. The first-order valence-electron chi connectivity index (χ1n) is 8.78. The van der Waals surface area contributed by atoms with E-state index in [-0.39, 0.29) is 6.61 Å². The predicted octanol–water partition coefficient (Wildman–Crippen LogP) is 4.19. The molecule has 0 aromatic heterocycles. The van der Waals surface area contributed by atoms with Gasteiger partial charge < -0.3 is 14.2 Å². The predicted molar refractivity (Wildman–Crippen MR) is 105 cm³/mol. The van der Waals surface area contributed by atoms with Crippen LogP contribution in [0.3, 0.4) is 0 Å². The van der Waals surface area contributed by atoms with Gasteiger partial charge in [-0.2, -0.15) is 0 Å². The van der Waals surface area contributed by atoms with E-state index in [1.165, 1.54) is 7.11 Å². The zero-order valence-electron chi connectivity index (χ0n) is 15.4. The molecule has 0 aliphatic carbocycles. The van der Waals surface area contributed by atoms with Crippen LogP contribution in [0.15, 0.2) is 84.9 Å². The SMILES string of the molecule is COC(=O)C(OC(=O)COc1ccccc1-c1ccccc1)c1ccccc1. The van der Waals surface area contributed by atoms with E-state index in [9.17, 15) is 9.59 Å². The van der Waals surface area contributed by atoms with E-state index in [4.69, 9.17) is 14.2 Å². The highest BCUT2D eigenvalue weighted by Gasteiger charge is 2.26. The summed E-state index contributed by atoms with van der Waals surface area (Å²) in [4.78, 5) is 24.3. The standard InChI is InChI=1S/C23H20O5/c1-26-23(25)22(18-12-6-3-7-13-18)28-21(24)16-27-20-15-9-8-14-19(20)17-10-4-2-5-11-17/h2-15,22H,16H2,1H3. The zero-order chi connectivity index (χ0) is 19.8. The van der Waals surface area contributed by atoms with Gasteiger partial charge in [0.1, 0.15) is 5.75 Å². The Kier molecular flexibility index (Phi) is 6.41. The van der Waals surface area contributed by atoms with Crippen LogP contribution in [0.2, 0.25) is 0 Å². The van der Waals surface area contributed by atoms with Crippen LogP contribution in [0.5, 0.6) is 5.75 Å². The number of ether oxygens (including phenoxy) is 3. The average molecular weight is 376 g/mol. The van der Waals surface area contributed by atoms with Crippen LogP contribution >= 0.6 is 0 Å². The molecule has 0 amide bonds. The van der Waals surface area contributed by atoms with Crippen LogP contribution in [-0.4, -0.2) is 25.7 Å². The van der Waals surface area contributed by atoms with E-state index in [2.05, 4.69) is 0 Å². The van der Waals surface area contributed by atoms with Crippen molar-refractivity contribution in [2.24, 2.45) is 0 Å². The molecule has 0 saturated heterocycles. The molecule has 28 heavy (non-hydrogen) atoms. The normalized spacial score (nSPS) is 11.3. The first-order valence-corrected chi connectivity index (χ1v) is 8.78. The smallest absolute Gasteiger partial charge is 0.351 e. The van der Waals surface area contributed by atoms with E-state index in [1.54, 1.807) is 30.3 Å². The Balaban J connectivity index is 1.70. The molecule has 142 valence electrons. The molecule has 0 heterocycles. The van der Waals surface area contributed by atoms with Gasteiger partial charge in [-0.25, -0.2) is 9.59 Å². The van der Waals surface area contributed by atoms with Gasteiger partial charge in [-0.15, -0.1) is 0 Å². The minimum Gasteiger partial charge on any atom is -0.481 e. The average Bonchev–Trinajstić information content (AvgIpc) is 2.77. The summed E-state index contributed by atoms with van der Waals surface area (Å²) in [5.41, 5.74) is 2.37. The number of benzene rings is 3. The van der Waals surface area contributed by atoms with Crippen LogP contribution in [0, 0.1) is 0 Å². The molecule has 0 spiro atoms. The van der Waals surface area contributed by atoms with Crippen molar-refractivity contribution >= 4 is 11.9 Å². The molecule has 1 unspecified atom stereocenters. The molecule has 3 aromatic carbocycles. The zero-order valence-corrected chi connectivity index (χ0v) is 15.4. The van der Waals surface area contributed by atoms with Crippen molar-refractivity contribution in [1.29, 1.82) is 0 Å². The monoisotopic (exact) mass is 376 g/mol. The van der Waals surface area contributed by atoms with Gasteiger partial charge in [0.2, 0.25) is 6.10 Å². The Hall–Kier alpha value is -3.60. The Morgan fingerprint density at radius 2 is 1.43 bits per heavy atom. The van der Waals surface area contributed by atoms with Crippen molar-refractivity contribution in [2.45, 2.75) is 6.10 Å². The first kappa shape index (κ1) is 19.2. The molecular weight excluding hydrogens is 356 g/mol. The fourth-order valence-electron chi connectivity index (χ4n) is 2.74. The highest BCUT2D eigenvalue weighted by Crippen LogP contribution is 2.29. The molecule has 0 aliphatic rings. The van der Waals surface area contributed by atoms with Crippen LogP contribution in [0.4, 0.5) is 0 Å². The largest absolute Gasteiger partial charge is 0.481 e. The highest BCUT2D eigenvalue weighted by atomic mass is 16.6. The van der Waals surface area contributed by atoms with E-state index in [1.807, 2.05) is 54.6 Å². The summed E-state index contributed by atoms with van der Waals surface area (Å²) in [5.74, 6) is -0.758. The Labute approximate surface area is 163 Å². The molecule has 0 aliphatic heterocycles. The van der Waals surface area contributed by atoms with Crippen molar-refractivity contribution in [3.63, 3.8) is 0 Å². The molecule has 0 N–H and O–H groups in total. The first-order chi connectivity index (χ1) is 13.7. The van der Waals surface area contributed by atoms with Crippen molar-refractivity contribution in [1.82, 2.24) is 0 Å². The maximum absolute atomic E-state index is 12.3. The van der Waals surface area contributed by atoms with Crippen LogP contribution in [0.25, 0.3) is 11.1 Å². The molecule has 3 aromatic rings. The van der Waals surface area contributed by atoms with Gasteiger partial charge in [-0.05, 0) is 11.6 Å². The lowest BCUT2D eigenvalue weighted by Gasteiger charge is -2.17. The summed E-state index contributed by atoms with van der Waals surface area (Å²) >= 11 is 0. The van der Waals surface area contributed by atoms with Crippen molar-refractivity contribution in [2.75, 3.05) is 13.7 Å².